The second kappa shape index (κ2) is 18.5. The fourth-order valence-electron chi connectivity index (χ4n) is 3.51. The van der Waals surface area contributed by atoms with E-state index in [1.54, 1.807) is 12.3 Å². The minimum atomic E-state index is -0.260. The number of hydrogen-bond donors (Lipinski definition) is 1. The summed E-state index contributed by atoms with van der Waals surface area (Å²) < 4.78 is 9.40. The first-order valence-electron chi connectivity index (χ1n) is 12.0. The molecule has 0 unspecified atom stereocenters. The van der Waals surface area contributed by atoms with Crippen molar-refractivity contribution in [2.45, 2.75) is 66.2 Å². The standard InChI is InChI=1S/C28H44N2O4/c1-8-11-12-13-15-24(22-30-21-18-27(32)34-7)28(4,5)25(14-9-2)23(10-3)16-19-29-20-17-26(31)33-6/h8,11-12,14,16,19,22,30H,1,9-10,13,15,17-18,20-21H2,2-7H3/b12-11-,23-16+,24-22+,25-14-,29-19+. The van der Waals surface area contributed by atoms with E-state index in [1.165, 1.54) is 30.9 Å². The van der Waals surface area contributed by atoms with Gasteiger partial charge in [-0.3, -0.25) is 14.6 Å². The zero-order valence-corrected chi connectivity index (χ0v) is 22.0. The Morgan fingerprint density at radius 3 is 2.32 bits per heavy atom. The van der Waals surface area contributed by atoms with Gasteiger partial charge in [0.1, 0.15) is 0 Å². The van der Waals surface area contributed by atoms with Crippen LogP contribution in [-0.2, 0) is 19.1 Å². The summed E-state index contributed by atoms with van der Waals surface area (Å²) in [4.78, 5) is 27.1. The third-order valence-corrected chi connectivity index (χ3v) is 5.49. The van der Waals surface area contributed by atoms with E-state index in [0.29, 0.717) is 19.5 Å². The van der Waals surface area contributed by atoms with Crippen LogP contribution in [0, 0.1) is 5.41 Å². The van der Waals surface area contributed by atoms with Crippen LogP contribution in [0.2, 0.25) is 0 Å². The molecule has 0 bridgehead atoms. The monoisotopic (exact) mass is 472 g/mol. The molecular weight excluding hydrogens is 428 g/mol. The molecule has 0 saturated carbocycles. The average molecular weight is 473 g/mol. The topological polar surface area (TPSA) is 77.0 Å². The Hall–Kier alpha value is -2.89. The highest BCUT2D eigenvalue weighted by atomic mass is 16.5. The van der Waals surface area contributed by atoms with Crippen LogP contribution in [0.4, 0.5) is 0 Å². The van der Waals surface area contributed by atoms with Gasteiger partial charge in [0.2, 0.25) is 0 Å². The molecule has 0 aromatic heterocycles. The van der Waals surface area contributed by atoms with E-state index in [2.05, 4.69) is 61.5 Å². The Bertz CT molecular complexity index is 786. The molecule has 0 aromatic carbocycles. The summed E-state index contributed by atoms with van der Waals surface area (Å²) in [6, 6.07) is 0. The Labute approximate surface area is 206 Å². The molecule has 0 amide bonds. The first-order chi connectivity index (χ1) is 16.3. The van der Waals surface area contributed by atoms with E-state index in [4.69, 9.17) is 4.74 Å². The predicted octanol–water partition coefficient (Wildman–Crippen LogP) is 5.88. The Morgan fingerprint density at radius 1 is 1.06 bits per heavy atom. The largest absolute Gasteiger partial charge is 0.469 e. The maximum Gasteiger partial charge on any atom is 0.307 e. The second-order valence-electron chi connectivity index (χ2n) is 8.23. The summed E-state index contributed by atoms with van der Waals surface area (Å²) in [5.74, 6) is -0.491. The van der Waals surface area contributed by atoms with Gasteiger partial charge in [0.25, 0.3) is 0 Å². The van der Waals surface area contributed by atoms with Gasteiger partial charge in [0, 0.05) is 24.7 Å². The molecule has 0 aromatic rings. The number of rotatable bonds is 17. The maximum atomic E-state index is 11.5. The highest BCUT2D eigenvalue weighted by Crippen LogP contribution is 2.41. The van der Waals surface area contributed by atoms with Crippen LogP contribution in [0.3, 0.4) is 0 Å². The molecular formula is C28H44N2O4. The van der Waals surface area contributed by atoms with Crippen LogP contribution in [-0.4, -0.2) is 45.5 Å². The normalized spacial score (nSPS) is 13.4. The molecule has 0 aliphatic heterocycles. The Kier molecular flexibility index (Phi) is 17.0. The molecule has 0 fully saturated rings. The first-order valence-corrected chi connectivity index (χ1v) is 12.0. The molecule has 190 valence electrons. The SMILES string of the molecule is C=C/C=C\CC/C(=C\NCCC(=O)OC)C(C)(C)C(=C\CC)/C(=C/C=N/CCC(=O)OC)CC. The van der Waals surface area contributed by atoms with E-state index in [0.717, 1.165) is 25.7 Å². The number of carbonyl (C=O) groups is 2. The van der Waals surface area contributed by atoms with Gasteiger partial charge in [-0.25, -0.2) is 0 Å². The maximum absolute atomic E-state index is 11.5. The Morgan fingerprint density at radius 2 is 1.74 bits per heavy atom. The number of ether oxygens (including phenoxy) is 2. The molecule has 0 radical (unpaired) electrons. The molecule has 0 rings (SSSR count). The summed E-state index contributed by atoms with van der Waals surface area (Å²) in [6.07, 6.45) is 18.1. The first kappa shape index (κ1) is 31.1. The third-order valence-electron chi connectivity index (χ3n) is 5.49. The van der Waals surface area contributed by atoms with E-state index in [9.17, 15) is 9.59 Å². The van der Waals surface area contributed by atoms with Crippen molar-refractivity contribution in [2.24, 2.45) is 10.4 Å². The van der Waals surface area contributed by atoms with Crippen molar-refractivity contribution >= 4 is 18.2 Å². The number of esters is 2. The van der Waals surface area contributed by atoms with Crippen molar-refractivity contribution in [1.29, 1.82) is 0 Å². The molecule has 0 atom stereocenters. The van der Waals surface area contributed by atoms with Crippen LogP contribution >= 0.6 is 0 Å². The van der Waals surface area contributed by atoms with Crippen LogP contribution in [0.5, 0.6) is 0 Å². The van der Waals surface area contributed by atoms with Crippen LogP contribution in [0.25, 0.3) is 0 Å². The number of methoxy groups -OCH3 is 2. The number of hydrogen-bond acceptors (Lipinski definition) is 6. The highest BCUT2D eigenvalue weighted by Gasteiger charge is 2.29. The zero-order chi connectivity index (χ0) is 25.8. The van der Waals surface area contributed by atoms with Crippen molar-refractivity contribution < 1.29 is 19.1 Å². The molecule has 1 N–H and O–H groups in total. The van der Waals surface area contributed by atoms with Crippen molar-refractivity contribution in [3.8, 4) is 0 Å². The number of allylic oxidation sites excluding steroid dienone is 8. The lowest BCUT2D eigenvalue weighted by molar-refractivity contribution is -0.141. The molecule has 0 aliphatic carbocycles. The van der Waals surface area contributed by atoms with Crippen molar-refractivity contribution in [1.82, 2.24) is 5.32 Å². The lowest BCUT2D eigenvalue weighted by Gasteiger charge is -2.33. The molecule has 0 saturated heterocycles. The molecule has 6 nitrogen and oxygen atoms in total. The number of nitrogens with one attached hydrogen (secondary N) is 1. The van der Waals surface area contributed by atoms with Crippen molar-refractivity contribution in [3.05, 3.63) is 59.9 Å². The van der Waals surface area contributed by atoms with Crippen molar-refractivity contribution in [2.75, 3.05) is 27.3 Å². The average Bonchev–Trinajstić information content (AvgIpc) is 2.83. The summed E-state index contributed by atoms with van der Waals surface area (Å²) in [5, 5.41) is 3.30. The van der Waals surface area contributed by atoms with Crippen molar-refractivity contribution in [3.63, 3.8) is 0 Å². The fourth-order valence-corrected chi connectivity index (χ4v) is 3.51. The van der Waals surface area contributed by atoms with Gasteiger partial charge >= 0.3 is 11.9 Å². The lowest BCUT2D eigenvalue weighted by atomic mass is 9.72. The summed E-state index contributed by atoms with van der Waals surface area (Å²) in [5.41, 5.74) is 3.46. The van der Waals surface area contributed by atoms with E-state index < -0.39 is 0 Å². The van der Waals surface area contributed by atoms with E-state index >= 15 is 0 Å². The second-order valence-corrected chi connectivity index (χ2v) is 8.23. The highest BCUT2D eigenvalue weighted by molar-refractivity contribution is 5.75. The molecule has 0 heterocycles. The van der Waals surface area contributed by atoms with Gasteiger partial charge in [0.05, 0.1) is 27.1 Å². The molecule has 6 heteroatoms. The summed E-state index contributed by atoms with van der Waals surface area (Å²) >= 11 is 0. The summed E-state index contributed by atoms with van der Waals surface area (Å²) in [7, 11) is 2.78. The van der Waals surface area contributed by atoms with Crippen LogP contribution < -0.4 is 5.32 Å². The zero-order valence-electron chi connectivity index (χ0n) is 22.0. The van der Waals surface area contributed by atoms with Gasteiger partial charge in [-0.05, 0) is 54.7 Å². The molecule has 34 heavy (non-hydrogen) atoms. The minimum Gasteiger partial charge on any atom is -0.469 e. The Balaban J connectivity index is 5.84. The van der Waals surface area contributed by atoms with Gasteiger partial charge in [0.15, 0.2) is 0 Å². The van der Waals surface area contributed by atoms with Gasteiger partial charge in [-0.1, -0.05) is 58.6 Å². The number of nitrogens with zero attached hydrogens (tertiary/aromatic N) is 1. The smallest absolute Gasteiger partial charge is 0.307 e. The number of aliphatic imine (C=N–C) groups is 1. The van der Waals surface area contributed by atoms with Gasteiger partial charge in [-0.2, -0.15) is 0 Å². The predicted molar refractivity (Wildman–Crippen MR) is 142 cm³/mol. The third kappa shape index (κ3) is 12.4. The minimum absolute atomic E-state index is 0.232. The van der Waals surface area contributed by atoms with Crippen LogP contribution in [0.1, 0.15) is 66.2 Å². The van der Waals surface area contributed by atoms with E-state index in [1.807, 2.05) is 18.4 Å². The molecule has 0 spiro atoms. The van der Waals surface area contributed by atoms with Gasteiger partial charge in [-0.15, -0.1) is 0 Å². The summed E-state index contributed by atoms with van der Waals surface area (Å²) in [6.45, 7) is 13.4. The van der Waals surface area contributed by atoms with Gasteiger partial charge < -0.3 is 14.8 Å². The molecule has 0 aliphatic rings. The quantitative estimate of drug-likeness (QED) is 0.124. The number of carbonyl (C=O) groups excluding carboxylic acids is 2. The fraction of sp³-hybridized carbons (Fsp3) is 0.536. The van der Waals surface area contributed by atoms with Crippen LogP contribution in [0.15, 0.2) is 64.9 Å². The van der Waals surface area contributed by atoms with E-state index in [-0.39, 0.29) is 23.8 Å². The lowest BCUT2D eigenvalue weighted by Crippen LogP contribution is -2.23.